The molecule has 0 N–H and O–H groups in total. The van der Waals surface area contributed by atoms with Crippen LogP contribution < -0.4 is 5.01 Å². The van der Waals surface area contributed by atoms with Gasteiger partial charge >= 0.3 is 48.4 Å². The van der Waals surface area contributed by atoms with E-state index in [4.69, 9.17) is 0 Å². The van der Waals surface area contributed by atoms with Gasteiger partial charge in [0.2, 0.25) is 0 Å². The minimum atomic E-state index is -8.45. The summed E-state index contributed by atoms with van der Waals surface area (Å²) in [6, 6.07) is 0. The van der Waals surface area contributed by atoms with Crippen LogP contribution in [0.5, 0.6) is 0 Å². The van der Waals surface area contributed by atoms with Gasteiger partial charge in [-0.15, -0.1) is 0 Å². The molecule has 0 radical (unpaired) electrons. The second kappa shape index (κ2) is 9.91. The van der Waals surface area contributed by atoms with Gasteiger partial charge in [0.05, 0.1) is 0 Å². The molecule has 0 fully saturated rings. The monoisotopic (exact) mass is 683 g/mol. The van der Waals surface area contributed by atoms with E-state index in [0.29, 0.717) is 20.8 Å². The molecule has 0 atom stereocenters. The zero-order chi connectivity index (χ0) is 35.0. The summed E-state index contributed by atoms with van der Waals surface area (Å²) >= 11 is 0. The summed E-state index contributed by atoms with van der Waals surface area (Å²) in [6.45, 7) is 1.19. The maximum Gasteiger partial charge on any atom is 0.455 e. The third kappa shape index (κ3) is 5.50. The Balaban J connectivity index is 5.03. The highest BCUT2D eigenvalue weighted by atomic mass is 19.4. The van der Waals surface area contributed by atoms with Gasteiger partial charge in [-0.05, 0) is 20.8 Å². The lowest BCUT2D eigenvalue weighted by Crippen LogP contribution is -2.70. The van der Waals surface area contributed by atoms with Gasteiger partial charge in [0.15, 0.2) is 16.7 Å². The van der Waals surface area contributed by atoms with E-state index in [1.165, 1.54) is 0 Å². The Morgan fingerprint density at radius 2 is 0.791 bits per heavy atom. The van der Waals surface area contributed by atoms with Crippen molar-refractivity contribution in [2.45, 2.75) is 80.1 Å². The summed E-state index contributed by atoms with van der Waals surface area (Å²) in [6.07, 6.45) is -48.8. The van der Waals surface area contributed by atoms with Crippen LogP contribution in [-0.4, -0.2) is 68.5 Å². The molecular formula is C16H9F20N5O2. The summed E-state index contributed by atoms with van der Waals surface area (Å²) in [5.74, 6) is -20.6. The molecule has 1 heterocycles. The van der Waals surface area contributed by atoms with Gasteiger partial charge in [0.1, 0.15) is 5.54 Å². The van der Waals surface area contributed by atoms with Crippen LogP contribution in [0.15, 0.2) is 0 Å². The Morgan fingerprint density at radius 1 is 0.512 bits per heavy atom. The Kier molecular flexibility index (Phi) is 8.72. The van der Waals surface area contributed by atoms with Gasteiger partial charge in [0, 0.05) is 0 Å². The van der Waals surface area contributed by atoms with Crippen molar-refractivity contribution >= 4 is 5.95 Å². The normalized spacial score (nSPS) is 15.5. The molecule has 0 saturated carbocycles. The Labute approximate surface area is 222 Å². The number of rotatable bonds is 5. The molecular weight excluding hydrogens is 674 g/mol. The fourth-order valence-corrected chi connectivity index (χ4v) is 3.40. The van der Waals surface area contributed by atoms with Crippen LogP contribution in [0.2, 0.25) is 0 Å². The maximum atomic E-state index is 14.3. The van der Waals surface area contributed by atoms with Crippen LogP contribution in [0.25, 0.3) is 0 Å². The van der Waals surface area contributed by atoms with Gasteiger partial charge in [-0.25, -0.2) is 15.1 Å². The summed E-state index contributed by atoms with van der Waals surface area (Å²) in [4.78, 5) is 15.9. The van der Waals surface area contributed by atoms with Crippen molar-refractivity contribution < 1.29 is 92.8 Å². The summed E-state index contributed by atoms with van der Waals surface area (Å²) in [5, 5.41) is 8.00. The van der Waals surface area contributed by atoms with E-state index in [1.54, 1.807) is 9.97 Å². The quantitative estimate of drug-likeness (QED) is 0.186. The number of nitrogens with zero attached hydrogens (tertiary/aromatic N) is 5. The highest BCUT2D eigenvalue weighted by Gasteiger charge is 2.92. The van der Waals surface area contributed by atoms with Crippen LogP contribution in [0.1, 0.15) is 32.4 Å². The fraction of sp³-hybridized carbons (Fsp3) is 0.812. The predicted octanol–water partition coefficient (Wildman–Crippen LogP) is 7.15. The first-order valence-electron chi connectivity index (χ1n) is 9.88. The molecule has 0 unspecified atom stereocenters. The third-order valence-electron chi connectivity index (χ3n) is 5.24. The van der Waals surface area contributed by atoms with Gasteiger partial charge in [-0.1, -0.05) is 5.01 Å². The van der Waals surface area contributed by atoms with Crippen molar-refractivity contribution in [1.29, 1.82) is 0 Å². The van der Waals surface area contributed by atoms with Crippen LogP contribution in [-0.2, 0) is 10.8 Å². The molecule has 7 nitrogen and oxygen atoms in total. The van der Waals surface area contributed by atoms with Crippen LogP contribution >= 0.6 is 0 Å². The van der Waals surface area contributed by atoms with E-state index in [9.17, 15) is 97.9 Å². The second-order valence-electron chi connectivity index (χ2n) is 9.06. The number of hydrogen-bond acceptors (Lipinski definition) is 5. The summed E-state index contributed by atoms with van der Waals surface area (Å²) < 4.78 is 274. The third-order valence-corrected chi connectivity index (χ3v) is 5.24. The highest BCUT2D eigenvalue weighted by molar-refractivity contribution is 5.37. The largest absolute Gasteiger partial charge is 0.455 e. The Bertz CT molecular complexity index is 1150. The zero-order valence-electron chi connectivity index (χ0n) is 20.1. The summed E-state index contributed by atoms with van der Waals surface area (Å²) in [5.41, 5.74) is -18.8. The molecule has 0 aliphatic carbocycles. The molecule has 0 aromatic carbocycles. The van der Waals surface area contributed by atoms with Gasteiger partial charge in [-0.2, -0.15) is 97.8 Å². The van der Waals surface area contributed by atoms with Crippen LogP contribution in [0, 0.1) is 10.1 Å². The SMILES string of the molecule is CC(C)(C)N(c1nc(C(C(F)(F)F)(C(F)(F)F)C(F)(F)F)nc(C(C(F)(F)F)(C(F)(F)F)C(F)(F)C(F)(F)F)n1)[N+](=O)[O-]. The van der Waals surface area contributed by atoms with Gasteiger partial charge in [0.25, 0.3) is 11.4 Å². The van der Waals surface area contributed by atoms with Crippen molar-refractivity contribution in [3.05, 3.63) is 21.8 Å². The number of nitro groups is 1. The van der Waals surface area contributed by atoms with Gasteiger partial charge in [-0.3, -0.25) is 0 Å². The lowest BCUT2D eigenvalue weighted by Gasteiger charge is -2.42. The van der Waals surface area contributed by atoms with Crippen LogP contribution in [0.4, 0.5) is 93.8 Å². The average molecular weight is 683 g/mol. The maximum absolute atomic E-state index is 14.3. The van der Waals surface area contributed by atoms with Crippen LogP contribution in [0.3, 0.4) is 0 Å². The second-order valence-corrected chi connectivity index (χ2v) is 9.06. The zero-order valence-corrected chi connectivity index (χ0v) is 20.1. The van der Waals surface area contributed by atoms with Crippen molar-refractivity contribution in [3.8, 4) is 0 Å². The Morgan fingerprint density at radius 3 is 1.00 bits per heavy atom. The van der Waals surface area contributed by atoms with E-state index in [0.717, 1.165) is 4.98 Å². The molecule has 0 bridgehead atoms. The molecule has 0 aliphatic rings. The topological polar surface area (TPSA) is 85.0 Å². The highest BCUT2D eigenvalue weighted by Crippen LogP contribution is 2.65. The van der Waals surface area contributed by atoms with E-state index in [-0.39, 0.29) is 0 Å². The molecule has 0 saturated heterocycles. The van der Waals surface area contributed by atoms with Gasteiger partial charge < -0.3 is 0 Å². The van der Waals surface area contributed by atoms with Crippen molar-refractivity contribution in [3.63, 3.8) is 0 Å². The number of halogens is 20. The fourth-order valence-electron chi connectivity index (χ4n) is 3.40. The molecule has 1 aromatic heterocycles. The minimum Gasteiger partial charge on any atom is -0.234 e. The number of aromatic nitrogens is 3. The Hall–Kier alpha value is -3.19. The predicted molar refractivity (Wildman–Crippen MR) is 93.7 cm³/mol. The minimum absolute atomic E-state index is 0.397. The van der Waals surface area contributed by atoms with E-state index in [1.807, 2.05) is 0 Å². The number of alkyl halides is 20. The van der Waals surface area contributed by atoms with Crippen molar-refractivity contribution in [1.82, 2.24) is 15.0 Å². The first kappa shape index (κ1) is 37.8. The lowest BCUT2D eigenvalue weighted by atomic mass is 9.77. The standard InChI is InChI=1S/C16H9F20N5O2/c1-7(2,3)40(41(42)43)6-38-4(8(11(19,20)21,12(22,23)24)10(17,18)16(34,35)36)37-5(39-6)9(13(25,26)27,14(28,29)30)15(31,32)33/h1-3H3. The molecule has 1 aromatic rings. The van der Waals surface area contributed by atoms with E-state index in [2.05, 4.69) is 0 Å². The number of hydrazine groups is 1. The number of anilines is 1. The first-order chi connectivity index (χ1) is 18.4. The molecule has 250 valence electrons. The molecule has 43 heavy (non-hydrogen) atoms. The van der Waals surface area contributed by atoms with E-state index < -0.39 is 87.0 Å². The molecule has 0 aliphatic heterocycles. The molecule has 0 amide bonds. The summed E-state index contributed by atoms with van der Waals surface area (Å²) in [7, 11) is 0. The average Bonchev–Trinajstić information content (AvgIpc) is 2.59. The van der Waals surface area contributed by atoms with E-state index >= 15 is 0 Å². The molecule has 27 heteroatoms. The molecule has 0 spiro atoms. The first-order valence-corrected chi connectivity index (χ1v) is 9.88. The smallest absolute Gasteiger partial charge is 0.234 e. The molecule has 1 rings (SSSR count). The van der Waals surface area contributed by atoms with Crippen molar-refractivity contribution in [2.24, 2.45) is 0 Å². The van der Waals surface area contributed by atoms with Crippen molar-refractivity contribution in [2.75, 3.05) is 5.01 Å². The number of hydrogen-bond donors (Lipinski definition) is 0. The lowest BCUT2D eigenvalue weighted by molar-refractivity contribution is -0.506.